The van der Waals surface area contributed by atoms with Gasteiger partial charge in [0, 0.05) is 55.6 Å². The Morgan fingerprint density at radius 1 is 1.15 bits per heavy atom. The van der Waals surface area contributed by atoms with Gasteiger partial charge in [0.1, 0.15) is 17.0 Å². The van der Waals surface area contributed by atoms with E-state index in [1.807, 2.05) is 45.3 Å². The molecule has 0 aliphatic carbocycles. The summed E-state index contributed by atoms with van der Waals surface area (Å²) in [6.45, 7) is 8.70. The first-order chi connectivity index (χ1) is 18.8. The summed E-state index contributed by atoms with van der Waals surface area (Å²) in [7, 11) is 4.09. The number of anilines is 2. The Hall–Kier alpha value is -3.76. The van der Waals surface area contributed by atoms with Gasteiger partial charge in [-0.25, -0.2) is 9.37 Å². The predicted octanol–water partition coefficient (Wildman–Crippen LogP) is 3.94. The maximum absolute atomic E-state index is 16.5. The SMILES string of the molecule is C=CC(=O)N1CCN(c2nc(N3CC(N(C)C)C3)nc3c(F)c(-c4n[nH]c5ccccc45)c(Cl)cc23)CC1C. The van der Waals surface area contributed by atoms with Crippen molar-refractivity contribution in [3.05, 3.63) is 53.8 Å². The zero-order valence-corrected chi connectivity index (χ0v) is 22.9. The van der Waals surface area contributed by atoms with Crippen LogP contribution in [0.15, 0.2) is 43.0 Å². The monoisotopic (exact) mass is 548 g/mol. The van der Waals surface area contributed by atoms with Crippen LogP contribution in [-0.2, 0) is 4.79 Å². The number of rotatable bonds is 5. The van der Waals surface area contributed by atoms with Crippen LogP contribution in [0, 0.1) is 5.82 Å². The third-order valence-corrected chi connectivity index (χ3v) is 8.12. The fourth-order valence-corrected chi connectivity index (χ4v) is 5.74. The molecule has 1 unspecified atom stereocenters. The van der Waals surface area contributed by atoms with Gasteiger partial charge in [-0.2, -0.15) is 10.1 Å². The fraction of sp³-hybridized carbons (Fsp3) is 0.357. The van der Waals surface area contributed by atoms with Crippen molar-refractivity contribution in [2.24, 2.45) is 0 Å². The van der Waals surface area contributed by atoms with Gasteiger partial charge in [-0.1, -0.05) is 36.4 Å². The van der Waals surface area contributed by atoms with E-state index in [4.69, 9.17) is 21.6 Å². The minimum atomic E-state index is -0.530. The summed E-state index contributed by atoms with van der Waals surface area (Å²) in [4.78, 5) is 30.1. The van der Waals surface area contributed by atoms with E-state index in [0.29, 0.717) is 48.5 Å². The number of carbonyl (C=O) groups is 1. The zero-order chi connectivity index (χ0) is 27.4. The van der Waals surface area contributed by atoms with E-state index in [0.717, 1.165) is 24.0 Å². The van der Waals surface area contributed by atoms with Crippen LogP contribution in [0.25, 0.3) is 33.1 Å². The Bertz CT molecular complexity index is 1600. The van der Waals surface area contributed by atoms with E-state index < -0.39 is 5.82 Å². The van der Waals surface area contributed by atoms with Gasteiger partial charge < -0.3 is 19.6 Å². The number of likely N-dealkylation sites (N-methyl/N-ethyl adjacent to an activating group) is 1. The number of nitrogens with one attached hydrogen (secondary N) is 1. The Morgan fingerprint density at radius 3 is 2.64 bits per heavy atom. The Kier molecular flexibility index (Phi) is 6.39. The number of piperazine rings is 1. The molecule has 6 rings (SSSR count). The number of hydrogen-bond donors (Lipinski definition) is 1. The summed E-state index contributed by atoms with van der Waals surface area (Å²) in [5.74, 6) is 0.459. The average Bonchev–Trinajstić information content (AvgIpc) is 3.31. The van der Waals surface area contributed by atoms with Crippen molar-refractivity contribution in [1.29, 1.82) is 0 Å². The van der Waals surface area contributed by atoms with Crippen molar-refractivity contribution >= 4 is 51.1 Å². The van der Waals surface area contributed by atoms with E-state index in [-0.39, 0.29) is 28.1 Å². The lowest BCUT2D eigenvalue weighted by molar-refractivity contribution is -0.128. The fourth-order valence-electron chi connectivity index (χ4n) is 5.46. The molecule has 1 atom stereocenters. The first-order valence-electron chi connectivity index (χ1n) is 13.0. The van der Waals surface area contributed by atoms with E-state index in [1.165, 1.54) is 6.08 Å². The van der Waals surface area contributed by atoms with Gasteiger partial charge in [-0.3, -0.25) is 9.89 Å². The molecule has 1 N–H and O–H groups in total. The summed E-state index contributed by atoms with van der Waals surface area (Å²) in [5.41, 5.74) is 1.65. The van der Waals surface area contributed by atoms with Crippen LogP contribution in [0.4, 0.5) is 16.2 Å². The Morgan fingerprint density at radius 2 is 1.92 bits per heavy atom. The summed E-state index contributed by atoms with van der Waals surface area (Å²) in [6, 6.07) is 9.60. The lowest BCUT2D eigenvalue weighted by Gasteiger charge is -2.43. The molecular weight excluding hydrogens is 519 g/mol. The summed E-state index contributed by atoms with van der Waals surface area (Å²) >= 11 is 6.77. The third kappa shape index (κ3) is 4.28. The van der Waals surface area contributed by atoms with Gasteiger partial charge in [-0.15, -0.1) is 0 Å². The number of fused-ring (bicyclic) bond motifs is 2. The number of benzene rings is 2. The number of amides is 1. The molecule has 2 aliphatic heterocycles. The number of aromatic amines is 1. The molecule has 202 valence electrons. The number of halogens is 2. The van der Waals surface area contributed by atoms with Crippen LogP contribution >= 0.6 is 11.6 Å². The van der Waals surface area contributed by atoms with Gasteiger partial charge in [0.25, 0.3) is 0 Å². The van der Waals surface area contributed by atoms with Crippen molar-refractivity contribution in [2.75, 3.05) is 56.6 Å². The molecule has 39 heavy (non-hydrogen) atoms. The average molecular weight is 549 g/mol. The maximum Gasteiger partial charge on any atom is 0.246 e. The number of carbonyl (C=O) groups excluding carboxylic acids is 1. The van der Waals surface area contributed by atoms with Crippen molar-refractivity contribution in [2.45, 2.75) is 19.0 Å². The van der Waals surface area contributed by atoms with Gasteiger partial charge >= 0.3 is 0 Å². The molecule has 9 nitrogen and oxygen atoms in total. The van der Waals surface area contributed by atoms with Crippen LogP contribution in [0.5, 0.6) is 0 Å². The Balaban J connectivity index is 1.49. The van der Waals surface area contributed by atoms with Gasteiger partial charge in [0.2, 0.25) is 11.9 Å². The predicted molar refractivity (Wildman–Crippen MR) is 153 cm³/mol. The second-order valence-corrected chi connectivity index (χ2v) is 10.9. The van der Waals surface area contributed by atoms with Crippen LogP contribution < -0.4 is 9.80 Å². The topological polar surface area (TPSA) is 84.5 Å². The van der Waals surface area contributed by atoms with Gasteiger partial charge in [0.15, 0.2) is 5.82 Å². The van der Waals surface area contributed by atoms with Crippen molar-refractivity contribution < 1.29 is 9.18 Å². The number of hydrogen-bond acceptors (Lipinski definition) is 7. The third-order valence-electron chi connectivity index (χ3n) is 7.82. The standard InChI is InChI=1S/C28H30ClFN8O/c1-5-22(39)38-11-10-36(13-16(38)2)27-19-12-20(29)23(25-18-8-6-7-9-21(18)33-34-25)24(30)26(19)31-28(32-27)37-14-17(15-37)35(3)4/h5-9,12,16-17H,1,10-11,13-15H2,2-4H3,(H,33,34). The molecule has 0 saturated carbocycles. The second-order valence-electron chi connectivity index (χ2n) is 10.5. The van der Waals surface area contributed by atoms with Crippen LogP contribution in [0.1, 0.15) is 6.92 Å². The highest BCUT2D eigenvalue weighted by Gasteiger charge is 2.34. The second kappa shape index (κ2) is 9.77. The normalized spacial score (nSPS) is 18.3. The Labute approximate surface area is 230 Å². The molecule has 2 aromatic carbocycles. The van der Waals surface area contributed by atoms with E-state index in [2.05, 4.69) is 31.5 Å². The molecule has 2 saturated heterocycles. The zero-order valence-electron chi connectivity index (χ0n) is 22.2. The molecule has 0 spiro atoms. The number of H-pyrrole nitrogens is 1. The minimum absolute atomic E-state index is 0.0742. The molecule has 2 aliphatic rings. The smallest absolute Gasteiger partial charge is 0.246 e. The lowest BCUT2D eigenvalue weighted by atomic mass is 10.0. The van der Waals surface area contributed by atoms with E-state index in [1.54, 1.807) is 11.0 Å². The van der Waals surface area contributed by atoms with Gasteiger partial charge in [-0.05, 0) is 39.2 Å². The van der Waals surface area contributed by atoms with Crippen LogP contribution in [0.2, 0.25) is 5.02 Å². The molecule has 2 aromatic heterocycles. The number of nitrogens with zero attached hydrogens (tertiary/aromatic N) is 7. The summed E-state index contributed by atoms with van der Waals surface area (Å²) < 4.78 is 16.5. The lowest BCUT2D eigenvalue weighted by Crippen LogP contribution is -2.58. The van der Waals surface area contributed by atoms with E-state index in [9.17, 15) is 4.79 Å². The molecule has 4 aromatic rings. The van der Waals surface area contributed by atoms with Crippen molar-refractivity contribution in [3.63, 3.8) is 0 Å². The molecule has 0 radical (unpaired) electrons. The first kappa shape index (κ1) is 25.5. The minimum Gasteiger partial charge on any atom is -0.352 e. The van der Waals surface area contributed by atoms with Crippen molar-refractivity contribution in [1.82, 2.24) is 30.0 Å². The van der Waals surface area contributed by atoms with Crippen LogP contribution in [0.3, 0.4) is 0 Å². The molecule has 4 heterocycles. The largest absolute Gasteiger partial charge is 0.352 e. The quantitative estimate of drug-likeness (QED) is 0.378. The maximum atomic E-state index is 16.5. The number of aromatic nitrogens is 4. The summed E-state index contributed by atoms with van der Waals surface area (Å²) in [5, 5.41) is 8.92. The van der Waals surface area contributed by atoms with E-state index >= 15 is 4.39 Å². The molecular formula is C28H30ClFN8O. The molecule has 11 heteroatoms. The first-order valence-corrected chi connectivity index (χ1v) is 13.4. The highest BCUT2D eigenvalue weighted by molar-refractivity contribution is 6.34. The highest BCUT2D eigenvalue weighted by Crippen LogP contribution is 2.40. The van der Waals surface area contributed by atoms with Crippen molar-refractivity contribution in [3.8, 4) is 11.3 Å². The number of para-hydroxylation sites is 1. The molecule has 0 bridgehead atoms. The van der Waals surface area contributed by atoms with Crippen LogP contribution in [-0.4, -0.2) is 94.8 Å². The molecule has 1 amide bonds. The summed E-state index contributed by atoms with van der Waals surface area (Å²) in [6.07, 6.45) is 1.34. The molecule has 2 fully saturated rings. The van der Waals surface area contributed by atoms with Gasteiger partial charge in [0.05, 0.1) is 16.1 Å². The highest BCUT2D eigenvalue weighted by atomic mass is 35.5.